The van der Waals surface area contributed by atoms with Crippen LogP contribution in [0.4, 0.5) is 11.4 Å². The summed E-state index contributed by atoms with van der Waals surface area (Å²) in [5.74, 6) is 0.198. The summed E-state index contributed by atoms with van der Waals surface area (Å²) in [6, 6.07) is 11.3. The number of thioether (sulfide) groups is 1. The van der Waals surface area contributed by atoms with Gasteiger partial charge in [0.05, 0.1) is 22.4 Å². The molecule has 190 valence electrons. The zero-order valence-corrected chi connectivity index (χ0v) is 21.8. The molecule has 0 spiro atoms. The highest BCUT2D eigenvalue weighted by molar-refractivity contribution is 7.99. The molecule has 1 heterocycles. The lowest BCUT2D eigenvalue weighted by Gasteiger charge is -2.22. The van der Waals surface area contributed by atoms with Crippen molar-refractivity contribution in [2.45, 2.75) is 52.4 Å². The lowest BCUT2D eigenvalue weighted by molar-refractivity contribution is -0.384. The molecule has 2 N–H and O–H groups in total. The van der Waals surface area contributed by atoms with Gasteiger partial charge in [-0.25, -0.2) is 0 Å². The highest BCUT2D eigenvalue weighted by Crippen LogP contribution is 2.26. The first-order chi connectivity index (χ1) is 17.1. The summed E-state index contributed by atoms with van der Waals surface area (Å²) in [6.07, 6.45) is 0. The van der Waals surface area contributed by atoms with Crippen molar-refractivity contribution in [3.05, 3.63) is 75.1 Å². The molecule has 0 saturated heterocycles. The average molecular weight is 511 g/mol. The number of nitrogens with zero attached hydrogens (tertiary/aromatic N) is 4. The zero-order valence-electron chi connectivity index (χ0n) is 20.9. The normalized spacial score (nSPS) is 11.8. The Bertz CT molecular complexity index is 1260. The minimum absolute atomic E-state index is 0.0440. The number of rotatable bonds is 10. The molecule has 3 aromatic rings. The number of non-ortho nitro benzene ring substituents is 1. The number of anilines is 1. The van der Waals surface area contributed by atoms with Crippen LogP contribution in [0.15, 0.2) is 47.6 Å². The van der Waals surface area contributed by atoms with Crippen LogP contribution in [-0.2, 0) is 11.3 Å². The molecule has 0 aliphatic rings. The largest absolute Gasteiger partial charge is 0.342 e. The molecule has 3 rings (SSSR count). The molecule has 1 atom stereocenters. The van der Waals surface area contributed by atoms with Gasteiger partial charge in [0.25, 0.3) is 11.6 Å². The number of carbonyl (C=O) groups is 2. The molecule has 0 bridgehead atoms. The Kier molecular flexibility index (Phi) is 8.81. The Balaban J connectivity index is 1.72. The fraction of sp³-hybridized carbons (Fsp3) is 0.360. The van der Waals surface area contributed by atoms with Crippen LogP contribution >= 0.6 is 11.8 Å². The van der Waals surface area contributed by atoms with Crippen molar-refractivity contribution in [1.29, 1.82) is 0 Å². The molecule has 0 aliphatic heterocycles. The molecular formula is C25H30N6O4S. The SMILES string of the molecule is CCn1c(SCC(=O)Nc2cc([N+](=O)[O-])ccc2C)nnc1[C@@H](NC(=O)c1ccc(C)cc1)C(C)C. The highest BCUT2D eigenvalue weighted by atomic mass is 32.2. The Morgan fingerprint density at radius 3 is 2.42 bits per heavy atom. The fourth-order valence-corrected chi connectivity index (χ4v) is 4.38. The van der Waals surface area contributed by atoms with Gasteiger partial charge in [0.15, 0.2) is 11.0 Å². The van der Waals surface area contributed by atoms with Crippen LogP contribution in [0.5, 0.6) is 0 Å². The number of carbonyl (C=O) groups excluding carboxylic acids is 2. The van der Waals surface area contributed by atoms with Crippen molar-refractivity contribution < 1.29 is 14.5 Å². The van der Waals surface area contributed by atoms with E-state index in [-0.39, 0.29) is 35.2 Å². The molecule has 0 radical (unpaired) electrons. The Morgan fingerprint density at radius 1 is 1.11 bits per heavy atom. The Labute approximate surface area is 214 Å². The van der Waals surface area contributed by atoms with Gasteiger partial charge in [0, 0.05) is 24.2 Å². The zero-order chi connectivity index (χ0) is 26.4. The quantitative estimate of drug-likeness (QED) is 0.230. The van der Waals surface area contributed by atoms with Crippen molar-refractivity contribution in [2.24, 2.45) is 5.92 Å². The van der Waals surface area contributed by atoms with E-state index >= 15 is 0 Å². The lowest BCUT2D eigenvalue weighted by atomic mass is 10.0. The third-order valence-electron chi connectivity index (χ3n) is 5.65. The topological polar surface area (TPSA) is 132 Å². The number of hydrogen-bond donors (Lipinski definition) is 2. The van der Waals surface area contributed by atoms with E-state index in [0.717, 1.165) is 11.1 Å². The lowest BCUT2D eigenvalue weighted by Crippen LogP contribution is -2.33. The first-order valence-electron chi connectivity index (χ1n) is 11.6. The maximum atomic E-state index is 12.9. The average Bonchev–Trinajstić information content (AvgIpc) is 3.25. The van der Waals surface area contributed by atoms with E-state index in [2.05, 4.69) is 20.8 Å². The van der Waals surface area contributed by atoms with E-state index in [1.807, 2.05) is 44.4 Å². The molecule has 36 heavy (non-hydrogen) atoms. The maximum Gasteiger partial charge on any atom is 0.271 e. The first kappa shape index (κ1) is 26.9. The summed E-state index contributed by atoms with van der Waals surface area (Å²) in [7, 11) is 0. The number of nitrogens with one attached hydrogen (secondary N) is 2. The van der Waals surface area contributed by atoms with Gasteiger partial charge in [-0.2, -0.15) is 0 Å². The number of nitro benzene ring substituents is 1. The fourth-order valence-electron chi connectivity index (χ4n) is 3.57. The van der Waals surface area contributed by atoms with E-state index in [0.29, 0.717) is 28.8 Å². The van der Waals surface area contributed by atoms with Crippen molar-refractivity contribution >= 4 is 35.0 Å². The summed E-state index contributed by atoms with van der Waals surface area (Å²) in [4.78, 5) is 36.0. The number of benzene rings is 2. The maximum absolute atomic E-state index is 12.9. The molecule has 0 fully saturated rings. The standard InChI is InChI=1S/C25H30N6O4S/c1-6-30-23(22(15(2)3)27-24(33)18-10-7-16(4)8-11-18)28-29-25(30)36-14-21(32)26-20-13-19(31(34)35)12-9-17(20)5/h7-13,15,22H,6,14H2,1-5H3,(H,26,32)(H,27,33)/t22-/m0/s1. The van der Waals surface area contributed by atoms with Crippen LogP contribution in [0, 0.1) is 29.9 Å². The van der Waals surface area contributed by atoms with E-state index in [4.69, 9.17) is 0 Å². The van der Waals surface area contributed by atoms with Gasteiger partial charge >= 0.3 is 0 Å². The number of nitro groups is 1. The summed E-state index contributed by atoms with van der Waals surface area (Å²) < 4.78 is 1.89. The summed E-state index contributed by atoms with van der Waals surface area (Å²) >= 11 is 1.21. The van der Waals surface area contributed by atoms with Gasteiger partial charge in [-0.1, -0.05) is 49.4 Å². The summed E-state index contributed by atoms with van der Waals surface area (Å²) in [6.45, 7) is 10.2. The second-order valence-corrected chi connectivity index (χ2v) is 9.68. The Morgan fingerprint density at radius 2 is 1.81 bits per heavy atom. The number of amides is 2. The molecule has 1 aromatic heterocycles. The minimum atomic E-state index is -0.502. The molecule has 0 unspecified atom stereocenters. The van der Waals surface area contributed by atoms with E-state index in [1.54, 1.807) is 25.1 Å². The second kappa shape index (κ2) is 11.8. The summed E-state index contributed by atoms with van der Waals surface area (Å²) in [5.41, 5.74) is 2.67. The second-order valence-electron chi connectivity index (χ2n) is 8.74. The van der Waals surface area contributed by atoms with Gasteiger partial charge in [0.1, 0.15) is 0 Å². The van der Waals surface area contributed by atoms with E-state index in [1.165, 1.54) is 23.9 Å². The molecule has 11 heteroatoms. The molecule has 0 saturated carbocycles. The van der Waals surface area contributed by atoms with Crippen LogP contribution in [0.1, 0.15) is 54.1 Å². The Hall–Kier alpha value is -3.73. The van der Waals surface area contributed by atoms with Crippen LogP contribution in [0.2, 0.25) is 0 Å². The van der Waals surface area contributed by atoms with Gasteiger partial charge in [0.2, 0.25) is 5.91 Å². The van der Waals surface area contributed by atoms with Crippen LogP contribution < -0.4 is 10.6 Å². The van der Waals surface area contributed by atoms with E-state index < -0.39 is 4.92 Å². The van der Waals surface area contributed by atoms with Crippen LogP contribution in [-0.4, -0.2) is 37.3 Å². The van der Waals surface area contributed by atoms with Crippen LogP contribution in [0.3, 0.4) is 0 Å². The number of aryl methyl sites for hydroxylation is 2. The van der Waals surface area contributed by atoms with E-state index in [9.17, 15) is 19.7 Å². The van der Waals surface area contributed by atoms with Crippen molar-refractivity contribution in [1.82, 2.24) is 20.1 Å². The third-order valence-corrected chi connectivity index (χ3v) is 6.61. The predicted molar refractivity (Wildman–Crippen MR) is 139 cm³/mol. The first-order valence-corrected chi connectivity index (χ1v) is 12.6. The molecular weight excluding hydrogens is 480 g/mol. The van der Waals surface area contributed by atoms with Crippen molar-refractivity contribution in [3.8, 4) is 0 Å². The summed E-state index contributed by atoms with van der Waals surface area (Å²) in [5, 5.41) is 26.0. The number of hydrogen-bond acceptors (Lipinski definition) is 7. The third kappa shape index (κ3) is 6.48. The van der Waals surface area contributed by atoms with Gasteiger partial charge in [-0.15, -0.1) is 10.2 Å². The molecule has 2 amide bonds. The van der Waals surface area contributed by atoms with Gasteiger partial charge in [-0.3, -0.25) is 19.7 Å². The smallest absolute Gasteiger partial charge is 0.271 e. The molecule has 2 aromatic carbocycles. The van der Waals surface area contributed by atoms with Gasteiger partial charge < -0.3 is 15.2 Å². The number of aromatic nitrogens is 3. The molecule has 0 aliphatic carbocycles. The monoisotopic (exact) mass is 510 g/mol. The minimum Gasteiger partial charge on any atom is -0.342 e. The highest BCUT2D eigenvalue weighted by Gasteiger charge is 2.26. The molecule has 10 nitrogen and oxygen atoms in total. The van der Waals surface area contributed by atoms with Gasteiger partial charge in [-0.05, 0) is 44.4 Å². The van der Waals surface area contributed by atoms with Crippen molar-refractivity contribution in [2.75, 3.05) is 11.1 Å². The van der Waals surface area contributed by atoms with Crippen LogP contribution in [0.25, 0.3) is 0 Å². The predicted octanol–water partition coefficient (Wildman–Crippen LogP) is 4.68. The van der Waals surface area contributed by atoms with Crippen molar-refractivity contribution in [3.63, 3.8) is 0 Å².